The van der Waals surface area contributed by atoms with E-state index in [2.05, 4.69) is 51.3 Å². The lowest BCUT2D eigenvalue weighted by Crippen LogP contribution is -2.55. The molecular weight excluding hydrogens is 366 g/mol. The zero-order chi connectivity index (χ0) is 20.3. The summed E-state index contributed by atoms with van der Waals surface area (Å²) in [6, 6.07) is 10.1. The van der Waals surface area contributed by atoms with Crippen molar-refractivity contribution in [3.63, 3.8) is 0 Å². The predicted molar refractivity (Wildman–Crippen MR) is 113 cm³/mol. The third kappa shape index (κ3) is 4.52. The lowest BCUT2D eigenvalue weighted by molar-refractivity contribution is -0.134. The molecule has 3 saturated heterocycles. The van der Waals surface area contributed by atoms with Crippen molar-refractivity contribution in [2.45, 2.75) is 18.4 Å². The number of hydrogen-bond donors (Lipinski definition) is 1. The van der Waals surface area contributed by atoms with Crippen LogP contribution in [0.5, 0.6) is 0 Å². The summed E-state index contributed by atoms with van der Waals surface area (Å²) in [4.78, 5) is 33.7. The summed E-state index contributed by atoms with van der Waals surface area (Å²) < 4.78 is 0. The highest BCUT2D eigenvalue weighted by Crippen LogP contribution is 2.29. The average molecular weight is 398 g/mol. The summed E-state index contributed by atoms with van der Waals surface area (Å²) in [6.45, 7) is 6.62. The van der Waals surface area contributed by atoms with Gasteiger partial charge in [-0.3, -0.25) is 14.6 Å². The first-order valence-electron chi connectivity index (χ1n) is 10.5. The number of likely N-dealkylation sites (tertiary alicyclic amines) is 1. The van der Waals surface area contributed by atoms with E-state index in [1.54, 1.807) is 0 Å². The first-order chi connectivity index (χ1) is 14.1. The Hall–Kier alpha value is -2.22. The highest BCUT2D eigenvalue weighted by Gasteiger charge is 2.52. The zero-order valence-corrected chi connectivity index (χ0v) is 17.2. The minimum absolute atomic E-state index is 0.0381. The van der Waals surface area contributed by atoms with Crippen molar-refractivity contribution in [3.8, 4) is 0 Å². The molecule has 0 bridgehead atoms. The van der Waals surface area contributed by atoms with Crippen LogP contribution < -0.4 is 5.32 Å². The molecule has 0 unspecified atom stereocenters. The molecule has 29 heavy (non-hydrogen) atoms. The first kappa shape index (κ1) is 20.1. The van der Waals surface area contributed by atoms with Crippen LogP contribution >= 0.6 is 0 Å². The molecule has 0 atom stereocenters. The molecule has 0 aliphatic carbocycles. The topological polar surface area (TPSA) is 59.1 Å². The minimum Gasteiger partial charge on any atom is -0.323 e. The van der Waals surface area contributed by atoms with E-state index in [4.69, 9.17) is 0 Å². The van der Waals surface area contributed by atoms with Crippen molar-refractivity contribution in [1.29, 1.82) is 0 Å². The van der Waals surface area contributed by atoms with Crippen molar-refractivity contribution in [2.24, 2.45) is 0 Å². The molecule has 1 aromatic carbocycles. The number of piperidine rings is 1. The third-order valence-electron chi connectivity index (χ3n) is 6.37. The Balaban J connectivity index is 1.25. The number of piperazine rings is 1. The summed E-state index contributed by atoms with van der Waals surface area (Å²) in [7, 11) is 2.06. The van der Waals surface area contributed by atoms with Crippen molar-refractivity contribution in [3.05, 3.63) is 42.0 Å². The number of rotatable bonds is 5. The maximum Gasteiger partial charge on any atom is 0.326 e. The van der Waals surface area contributed by atoms with Crippen LogP contribution in [0.2, 0.25) is 0 Å². The van der Waals surface area contributed by atoms with E-state index in [-0.39, 0.29) is 11.9 Å². The highest BCUT2D eigenvalue weighted by molar-refractivity contribution is 6.07. The molecule has 0 aromatic heterocycles. The maximum absolute atomic E-state index is 13.0. The largest absolute Gasteiger partial charge is 0.326 e. The number of nitrogens with one attached hydrogen (secondary N) is 1. The number of amides is 3. The Bertz CT molecular complexity index is 750. The normalized spacial score (nSPS) is 24.0. The monoisotopic (exact) mass is 397 g/mol. The fourth-order valence-electron chi connectivity index (χ4n) is 4.36. The van der Waals surface area contributed by atoms with Crippen LogP contribution in [0.4, 0.5) is 4.79 Å². The molecule has 0 radical (unpaired) electrons. The summed E-state index contributed by atoms with van der Waals surface area (Å²) in [5, 5.41) is 3.00. The fourth-order valence-corrected chi connectivity index (χ4v) is 4.36. The fraction of sp³-hybridized carbons (Fsp3) is 0.545. The standard InChI is InChI=1S/C22H31N5O2/c1-24-12-9-22(10-13-24)20(28)27(21(29)23-22)18-26-16-14-25(15-17-26)11-5-8-19-6-3-2-4-7-19/h2-8H,9-18H2,1H3,(H,23,29)/b8-5+. The van der Waals surface area contributed by atoms with Gasteiger partial charge in [0.1, 0.15) is 5.54 Å². The van der Waals surface area contributed by atoms with Crippen LogP contribution in [0, 0.1) is 0 Å². The number of carbonyl (C=O) groups excluding carboxylic acids is 2. The zero-order valence-electron chi connectivity index (χ0n) is 17.2. The molecule has 1 aromatic rings. The Morgan fingerprint density at radius 2 is 1.62 bits per heavy atom. The van der Waals surface area contributed by atoms with Gasteiger partial charge in [0, 0.05) is 45.8 Å². The van der Waals surface area contributed by atoms with Crippen molar-refractivity contribution in [1.82, 2.24) is 24.9 Å². The number of hydrogen-bond acceptors (Lipinski definition) is 5. The number of nitrogens with zero attached hydrogens (tertiary/aromatic N) is 4. The van der Waals surface area contributed by atoms with Gasteiger partial charge in [0.25, 0.3) is 5.91 Å². The summed E-state index contributed by atoms with van der Waals surface area (Å²) in [5.74, 6) is -0.0381. The number of urea groups is 1. The SMILES string of the molecule is CN1CCC2(CC1)NC(=O)N(CN1CCN(C/C=C/c3ccccc3)CC1)C2=O. The Morgan fingerprint density at radius 1 is 0.966 bits per heavy atom. The second-order valence-electron chi connectivity index (χ2n) is 8.42. The van der Waals surface area contributed by atoms with E-state index in [0.29, 0.717) is 19.5 Å². The second-order valence-corrected chi connectivity index (χ2v) is 8.42. The smallest absolute Gasteiger partial charge is 0.323 e. The van der Waals surface area contributed by atoms with Gasteiger partial charge < -0.3 is 10.2 Å². The van der Waals surface area contributed by atoms with Crippen LogP contribution in [-0.4, -0.2) is 96.6 Å². The van der Waals surface area contributed by atoms with Gasteiger partial charge in [-0.05, 0) is 25.5 Å². The van der Waals surface area contributed by atoms with Gasteiger partial charge >= 0.3 is 6.03 Å². The molecule has 3 fully saturated rings. The molecule has 3 heterocycles. The lowest BCUT2D eigenvalue weighted by Gasteiger charge is -2.37. The van der Waals surface area contributed by atoms with Crippen LogP contribution in [0.3, 0.4) is 0 Å². The highest BCUT2D eigenvalue weighted by atomic mass is 16.2. The third-order valence-corrected chi connectivity index (χ3v) is 6.37. The van der Waals surface area contributed by atoms with Gasteiger partial charge in [0.2, 0.25) is 0 Å². The molecular formula is C22H31N5O2. The van der Waals surface area contributed by atoms with E-state index in [1.807, 2.05) is 18.2 Å². The van der Waals surface area contributed by atoms with Gasteiger partial charge in [-0.25, -0.2) is 9.69 Å². The minimum atomic E-state index is -0.673. The van der Waals surface area contributed by atoms with Gasteiger partial charge in [0.15, 0.2) is 0 Å². The number of imide groups is 1. The molecule has 3 aliphatic rings. The van der Waals surface area contributed by atoms with Gasteiger partial charge in [-0.15, -0.1) is 0 Å². The number of benzene rings is 1. The summed E-state index contributed by atoms with van der Waals surface area (Å²) in [6.07, 6.45) is 5.76. The summed E-state index contributed by atoms with van der Waals surface area (Å²) in [5.41, 5.74) is 0.542. The van der Waals surface area contributed by atoms with Crippen LogP contribution in [-0.2, 0) is 4.79 Å². The van der Waals surface area contributed by atoms with E-state index in [1.165, 1.54) is 10.5 Å². The molecule has 1 N–H and O–H groups in total. The predicted octanol–water partition coefficient (Wildman–Crippen LogP) is 1.29. The molecule has 7 nitrogen and oxygen atoms in total. The Labute approximate surface area is 172 Å². The van der Waals surface area contributed by atoms with E-state index < -0.39 is 5.54 Å². The average Bonchev–Trinajstić information content (AvgIpc) is 2.96. The first-order valence-corrected chi connectivity index (χ1v) is 10.5. The molecule has 1 spiro atoms. The molecule has 7 heteroatoms. The molecule has 0 saturated carbocycles. The molecule has 3 amide bonds. The lowest BCUT2D eigenvalue weighted by atomic mass is 9.88. The van der Waals surface area contributed by atoms with E-state index in [9.17, 15) is 9.59 Å². The molecule has 156 valence electrons. The van der Waals surface area contributed by atoms with Crippen LogP contribution in [0.25, 0.3) is 6.08 Å². The van der Waals surface area contributed by atoms with Gasteiger partial charge in [-0.2, -0.15) is 0 Å². The molecule has 4 rings (SSSR count). The second kappa shape index (κ2) is 8.65. The van der Waals surface area contributed by atoms with Crippen molar-refractivity contribution < 1.29 is 9.59 Å². The van der Waals surface area contributed by atoms with E-state index >= 15 is 0 Å². The van der Waals surface area contributed by atoms with Crippen molar-refractivity contribution >= 4 is 18.0 Å². The maximum atomic E-state index is 13.0. The van der Waals surface area contributed by atoms with Crippen LogP contribution in [0.1, 0.15) is 18.4 Å². The number of carbonyl (C=O) groups is 2. The van der Waals surface area contributed by atoms with E-state index in [0.717, 1.165) is 45.8 Å². The van der Waals surface area contributed by atoms with Crippen LogP contribution in [0.15, 0.2) is 36.4 Å². The summed E-state index contributed by atoms with van der Waals surface area (Å²) >= 11 is 0. The van der Waals surface area contributed by atoms with Crippen molar-refractivity contribution in [2.75, 3.05) is 59.5 Å². The quantitative estimate of drug-likeness (QED) is 0.759. The Kier molecular flexibility index (Phi) is 5.99. The van der Waals surface area contributed by atoms with Gasteiger partial charge in [-0.1, -0.05) is 42.5 Å². The van der Waals surface area contributed by atoms with Gasteiger partial charge in [0.05, 0.1) is 6.67 Å². The molecule has 3 aliphatic heterocycles. The Morgan fingerprint density at radius 3 is 2.31 bits per heavy atom.